The van der Waals surface area contributed by atoms with Gasteiger partial charge in [0.1, 0.15) is 12.4 Å². The fourth-order valence-corrected chi connectivity index (χ4v) is 2.28. The van der Waals surface area contributed by atoms with E-state index in [0.29, 0.717) is 6.61 Å². The van der Waals surface area contributed by atoms with E-state index >= 15 is 0 Å². The number of benzene rings is 1. The molecule has 1 heterocycles. The van der Waals surface area contributed by atoms with Gasteiger partial charge in [-0.3, -0.25) is 4.79 Å². The molecule has 0 spiro atoms. The number of aromatic nitrogens is 1. The largest absolute Gasteiger partial charge is 0.481 e. The Kier molecular flexibility index (Phi) is 7.38. The predicted octanol–water partition coefficient (Wildman–Crippen LogP) is 3.01. The molecule has 3 nitrogen and oxygen atoms in total. The Bertz CT molecular complexity index is 744. The van der Waals surface area contributed by atoms with Crippen molar-refractivity contribution in [1.29, 1.82) is 0 Å². The van der Waals surface area contributed by atoms with Gasteiger partial charge in [0.2, 0.25) is 0 Å². The minimum absolute atomic E-state index is 0. The van der Waals surface area contributed by atoms with Gasteiger partial charge in [-0.15, -0.1) is 12.0 Å². The van der Waals surface area contributed by atoms with Gasteiger partial charge in [-0.05, 0) is 23.5 Å². The third-order valence-corrected chi connectivity index (χ3v) is 3.45. The molecule has 0 amide bonds. The fraction of sp³-hybridized carbons (Fsp3) is 0.188. The Labute approximate surface area is 157 Å². The molecule has 0 atom stereocenters. The molecule has 0 bridgehead atoms. The first-order valence-corrected chi connectivity index (χ1v) is 6.83. The van der Waals surface area contributed by atoms with E-state index in [1.807, 2.05) is 18.2 Å². The van der Waals surface area contributed by atoms with E-state index in [1.165, 1.54) is 6.07 Å². The minimum Gasteiger partial charge on any atom is -0.481 e. The number of pyridine rings is 1. The number of halogens is 1. The third kappa shape index (κ3) is 4.54. The summed E-state index contributed by atoms with van der Waals surface area (Å²) >= 11 is 3.50. The van der Waals surface area contributed by atoms with Crippen LogP contribution < -0.4 is 10.3 Å². The van der Waals surface area contributed by atoms with Crippen LogP contribution in [0, 0.1) is 17.9 Å². The van der Waals surface area contributed by atoms with Crippen molar-refractivity contribution < 1.29 is 37.4 Å². The average molecular weight is 420 g/mol. The van der Waals surface area contributed by atoms with Crippen molar-refractivity contribution in [3.05, 3.63) is 51.2 Å². The van der Waals surface area contributed by atoms with Gasteiger partial charge in [-0.25, -0.2) is 0 Å². The van der Waals surface area contributed by atoms with Crippen molar-refractivity contribution in [3.63, 3.8) is 0 Å². The van der Waals surface area contributed by atoms with Gasteiger partial charge in [-0.1, -0.05) is 39.2 Å². The summed E-state index contributed by atoms with van der Waals surface area (Å²) in [7, 11) is 1.72. The van der Waals surface area contributed by atoms with Crippen molar-refractivity contribution >= 4 is 15.9 Å². The summed E-state index contributed by atoms with van der Waals surface area (Å²) in [6, 6.07) is 11.8. The van der Waals surface area contributed by atoms with Gasteiger partial charge < -0.3 is 9.30 Å². The molecule has 0 aliphatic heterocycles. The maximum atomic E-state index is 11.7. The van der Waals surface area contributed by atoms with Crippen LogP contribution in [0.15, 0.2) is 39.6 Å². The first-order chi connectivity index (χ1) is 9.63. The molecule has 1 aromatic carbocycles. The number of hydrogen-bond acceptors (Lipinski definition) is 2. The molecule has 2 rings (SSSR count). The molecule has 5 heteroatoms. The van der Waals surface area contributed by atoms with Crippen LogP contribution in [0.2, 0.25) is 0 Å². The van der Waals surface area contributed by atoms with Crippen molar-refractivity contribution in [2.45, 2.75) is 6.92 Å². The topological polar surface area (TPSA) is 31.2 Å². The minimum atomic E-state index is -0.0656. The molecule has 0 N–H and O–H groups in total. The molecule has 21 heavy (non-hydrogen) atoms. The van der Waals surface area contributed by atoms with Crippen LogP contribution in [-0.4, -0.2) is 11.2 Å². The van der Waals surface area contributed by atoms with E-state index in [4.69, 9.17) is 4.74 Å². The number of hydrogen-bond donors (Lipinski definition) is 0. The van der Waals surface area contributed by atoms with Gasteiger partial charge in [0, 0.05) is 39.8 Å². The molecule has 0 aliphatic carbocycles. The van der Waals surface area contributed by atoms with E-state index < -0.39 is 0 Å². The van der Waals surface area contributed by atoms with Crippen molar-refractivity contribution in [2.75, 3.05) is 6.61 Å². The van der Waals surface area contributed by atoms with Gasteiger partial charge >= 0.3 is 0 Å². The van der Waals surface area contributed by atoms with Crippen LogP contribution >= 0.6 is 15.9 Å². The zero-order valence-electron chi connectivity index (χ0n) is 11.8. The second kappa shape index (κ2) is 8.53. The number of nitrogens with zero attached hydrogens (tertiary/aromatic N) is 1. The first-order valence-electron chi connectivity index (χ1n) is 6.03. The Morgan fingerprint density at radius 3 is 2.81 bits per heavy atom. The molecule has 0 aliphatic rings. The molecule has 0 saturated carbocycles. The number of rotatable bonds is 3. The quantitative estimate of drug-likeness (QED) is 0.565. The van der Waals surface area contributed by atoms with Gasteiger partial charge in [0.25, 0.3) is 0 Å². The molecular formula is C16H13BrNO2Y-. The van der Waals surface area contributed by atoms with Crippen LogP contribution in [0.3, 0.4) is 0 Å². The van der Waals surface area contributed by atoms with Gasteiger partial charge in [0.05, 0.1) is 0 Å². The van der Waals surface area contributed by atoms with Crippen LogP contribution in [0.25, 0.3) is 11.3 Å². The van der Waals surface area contributed by atoms with Crippen LogP contribution in [-0.2, 0) is 39.8 Å². The zero-order valence-corrected chi connectivity index (χ0v) is 16.2. The number of ether oxygens (including phenoxy) is 1. The van der Waals surface area contributed by atoms with E-state index in [1.54, 1.807) is 24.6 Å². The molecule has 0 unspecified atom stereocenters. The summed E-state index contributed by atoms with van der Waals surface area (Å²) in [4.78, 5) is 11.7. The summed E-state index contributed by atoms with van der Waals surface area (Å²) in [6.45, 7) is 2.13. The molecular weight excluding hydrogens is 407 g/mol. The molecule has 105 valence electrons. The smallest absolute Gasteiger partial charge is 0.194 e. The predicted molar refractivity (Wildman–Crippen MR) is 82.6 cm³/mol. The Balaban J connectivity index is 0.00000220. The summed E-state index contributed by atoms with van der Waals surface area (Å²) in [5, 5.41) is 0. The van der Waals surface area contributed by atoms with E-state index in [2.05, 4.69) is 33.8 Å². The Morgan fingerprint density at radius 1 is 1.38 bits per heavy atom. The summed E-state index contributed by atoms with van der Waals surface area (Å²) in [5.41, 5.74) is 1.55. The standard InChI is InChI=1S/C16H13BrNO2.Y/c1-3-4-10-20-12-8-9-13(14(17)11-12)15-6-5-7-16(19)18(15)2;/h5,7-9,11H,10H2,1-2H3;/q-1;. The summed E-state index contributed by atoms with van der Waals surface area (Å²) in [6.07, 6.45) is 0. The van der Waals surface area contributed by atoms with Crippen LogP contribution in [0.4, 0.5) is 0 Å². The van der Waals surface area contributed by atoms with Crippen LogP contribution in [0.5, 0.6) is 5.75 Å². The van der Waals surface area contributed by atoms with E-state index in [9.17, 15) is 4.79 Å². The van der Waals surface area contributed by atoms with E-state index in [-0.39, 0.29) is 38.3 Å². The average Bonchev–Trinajstić information content (AvgIpc) is 2.43. The summed E-state index contributed by atoms with van der Waals surface area (Å²) in [5.74, 6) is 6.34. The maximum absolute atomic E-state index is 11.7. The zero-order chi connectivity index (χ0) is 14.5. The van der Waals surface area contributed by atoms with Crippen molar-refractivity contribution in [1.82, 2.24) is 4.57 Å². The van der Waals surface area contributed by atoms with Crippen molar-refractivity contribution in [3.8, 4) is 28.8 Å². The van der Waals surface area contributed by atoms with Crippen LogP contribution in [0.1, 0.15) is 6.92 Å². The second-order valence-corrected chi connectivity index (χ2v) is 4.93. The molecule has 1 radical (unpaired) electrons. The molecule has 2 aromatic rings. The second-order valence-electron chi connectivity index (χ2n) is 4.08. The van der Waals surface area contributed by atoms with Gasteiger partial charge in [-0.2, -0.15) is 12.1 Å². The fourth-order valence-electron chi connectivity index (χ4n) is 1.74. The Morgan fingerprint density at radius 2 is 2.14 bits per heavy atom. The third-order valence-electron chi connectivity index (χ3n) is 2.80. The molecule has 0 saturated heterocycles. The van der Waals surface area contributed by atoms with Crippen molar-refractivity contribution in [2.24, 2.45) is 7.05 Å². The monoisotopic (exact) mass is 419 g/mol. The first kappa shape index (κ1) is 18.2. The van der Waals surface area contributed by atoms with E-state index in [0.717, 1.165) is 21.5 Å². The Hall–Kier alpha value is -0.886. The normalized spacial score (nSPS) is 9.29. The molecule has 0 fully saturated rings. The molecule has 1 aromatic heterocycles. The van der Waals surface area contributed by atoms with Gasteiger partial charge in [0.15, 0.2) is 5.56 Å². The maximum Gasteiger partial charge on any atom is 0.194 e. The SMILES string of the molecule is CC#CCOc1ccc(-c2[c-]ccc(=O)n2C)c(Br)c1.[Y]. The summed E-state index contributed by atoms with van der Waals surface area (Å²) < 4.78 is 7.89.